The highest BCUT2D eigenvalue weighted by Crippen LogP contribution is 2.33. The van der Waals surface area contributed by atoms with Crippen molar-refractivity contribution in [1.82, 2.24) is 25.0 Å². The summed E-state index contributed by atoms with van der Waals surface area (Å²) in [4.78, 5) is 14.9. The van der Waals surface area contributed by atoms with Crippen LogP contribution in [0.4, 0.5) is 5.82 Å². The number of nitrogens with zero attached hydrogens (tertiary/aromatic N) is 5. The van der Waals surface area contributed by atoms with E-state index in [1.54, 1.807) is 6.20 Å². The number of likely N-dealkylation sites (tertiary alicyclic amines) is 1. The lowest BCUT2D eigenvalue weighted by atomic mass is 10.1. The lowest BCUT2D eigenvalue weighted by Gasteiger charge is -2.22. The molecule has 1 saturated heterocycles. The first-order chi connectivity index (χ1) is 12.2. The molecule has 0 unspecified atom stereocenters. The Labute approximate surface area is 145 Å². The first-order valence-corrected chi connectivity index (χ1v) is 8.40. The fourth-order valence-electron chi connectivity index (χ4n) is 3.29. The van der Waals surface area contributed by atoms with Crippen LogP contribution in [0.1, 0.15) is 35.9 Å². The van der Waals surface area contributed by atoms with E-state index in [0.717, 1.165) is 25.9 Å². The summed E-state index contributed by atoms with van der Waals surface area (Å²) in [6.07, 6.45) is 5.14. The van der Waals surface area contributed by atoms with Crippen molar-refractivity contribution in [3.63, 3.8) is 0 Å². The van der Waals surface area contributed by atoms with E-state index in [4.69, 9.17) is 10.3 Å². The lowest BCUT2D eigenvalue weighted by molar-refractivity contribution is 0.201. The molecule has 0 aliphatic carbocycles. The Morgan fingerprint density at radius 2 is 2.20 bits per heavy atom. The Kier molecular flexibility index (Phi) is 4.15. The molecule has 2 N–H and O–H groups in total. The summed E-state index contributed by atoms with van der Waals surface area (Å²) >= 11 is 0. The molecule has 1 atom stereocenters. The Hall–Kier alpha value is -2.80. The topological polar surface area (TPSA) is 94.0 Å². The number of hydrogen-bond acceptors (Lipinski definition) is 7. The number of rotatable bonds is 4. The SMILES string of the molecule is Cc1ccccc1CN1CCC[C@H]1c1nc(-c2cncnc2N)no1. The first kappa shape index (κ1) is 15.7. The highest BCUT2D eigenvalue weighted by molar-refractivity contribution is 5.66. The first-order valence-electron chi connectivity index (χ1n) is 8.40. The maximum absolute atomic E-state index is 5.88. The monoisotopic (exact) mass is 336 g/mol. The van der Waals surface area contributed by atoms with Crippen molar-refractivity contribution in [2.75, 3.05) is 12.3 Å². The van der Waals surface area contributed by atoms with E-state index >= 15 is 0 Å². The zero-order chi connectivity index (χ0) is 17.2. The average molecular weight is 336 g/mol. The molecule has 7 nitrogen and oxygen atoms in total. The molecule has 128 valence electrons. The largest absolute Gasteiger partial charge is 0.383 e. The molecular formula is C18H20N6O. The summed E-state index contributed by atoms with van der Waals surface area (Å²) in [6, 6.07) is 8.59. The minimum Gasteiger partial charge on any atom is -0.383 e. The van der Waals surface area contributed by atoms with Crippen LogP contribution in [-0.4, -0.2) is 31.6 Å². The highest BCUT2D eigenvalue weighted by Gasteiger charge is 2.31. The Balaban J connectivity index is 1.57. The van der Waals surface area contributed by atoms with Gasteiger partial charge >= 0.3 is 0 Å². The smallest absolute Gasteiger partial charge is 0.244 e. The number of hydrogen-bond donors (Lipinski definition) is 1. The van der Waals surface area contributed by atoms with Crippen LogP contribution < -0.4 is 5.73 Å². The maximum atomic E-state index is 5.88. The third-order valence-electron chi connectivity index (χ3n) is 4.71. The zero-order valence-electron chi connectivity index (χ0n) is 14.1. The third-order valence-corrected chi connectivity index (χ3v) is 4.71. The Bertz CT molecular complexity index is 877. The van der Waals surface area contributed by atoms with E-state index < -0.39 is 0 Å². The second kappa shape index (κ2) is 6.60. The third kappa shape index (κ3) is 3.10. The van der Waals surface area contributed by atoms with Gasteiger partial charge in [0.1, 0.15) is 12.1 Å². The predicted octanol–water partition coefficient (Wildman–Crippen LogP) is 2.75. The van der Waals surface area contributed by atoms with Crippen molar-refractivity contribution in [2.24, 2.45) is 0 Å². The van der Waals surface area contributed by atoms with Crippen LogP contribution in [-0.2, 0) is 6.54 Å². The predicted molar refractivity (Wildman–Crippen MR) is 93.3 cm³/mol. The molecule has 0 radical (unpaired) electrons. The summed E-state index contributed by atoms with van der Waals surface area (Å²) in [6.45, 7) is 4.04. The molecule has 0 bridgehead atoms. The molecule has 1 fully saturated rings. The molecule has 1 aromatic carbocycles. The van der Waals surface area contributed by atoms with Crippen LogP contribution in [0.2, 0.25) is 0 Å². The van der Waals surface area contributed by atoms with Crippen LogP contribution in [0.3, 0.4) is 0 Å². The van der Waals surface area contributed by atoms with E-state index in [-0.39, 0.29) is 6.04 Å². The summed E-state index contributed by atoms with van der Waals surface area (Å²) in [5.74, 6) is 1.42. The number of aryl methyl sites for hydroxylation is 1. The molecule has 0 amide bonds. The minimum atomic E-state index is 0.131. The van der Waals surface area contributed by atoms with Crippen molar-refractivity contribution in [3.8, 4) is 11.4 Å². The van der Waals surface area contributed by atoms with Crippen molar-refractivity contribution in [2.45, 2.75) is 32.4 Å². The van der Waals surface area contributed by atoms with Gasteiger partial charge in [-0.25, -0.2) is 9.97 Å². The van der Waals surface area contributed by atoms with Crippen LogP contribution in [0.25, 0.3) is 11.4 Å². The molecule has 7 heteroatoms. The van der Waals surface area contributed by atoms with E-state index in [0.29, 0.717) is 23.1 Å². The van der Waals surface area contributed by atoms with Crippen molar-refractivity contribution in [3.05, 3.63) is 53.8 Å². The van der Waals surface area contributed by atoms with Gasteiger partial charge in [-0.3, -0.25) is 4.90 Å². The highest BCUT2D eigenvalue weighted by atomic mass is 16.5. The standard InChI is InChI=1S/C18H20N6O/c1-12-5-2-3-6-13(12)10-24-8-4-7-15(24)18-22-17(23-25-18)14-9-20-11-21-16(14)19/h2-3,5-6,9,11,15H,4,7-8,10H2,1H3,(H2,19,20,21)/t15-/m0/s1. The van der Waals surface area contributed by atoms with Gasteiger partial charge in [-0.1, -0.05) is 29.4 Å². The fraction of sp³-hybridized carbons (Fsp3) is 0.333. The van der Waals surface area contributed by atoms with Crippen LogP contribution in [0, 0.1) is 6.92 Å². The van der Waals surface area contributed by atoms with Gasteiger partial charge in [-0.2, -0.15) is 4.98 Å². The van der Waals surface area contributed by atoms with Crippen molar-refractivity contribution < 1.29 is 4.52 Å². The van der Waals surface area contributed by atoms with E-state index in [1.165, 1.54) is 17.5 Å². The van der Waals surface area contributed by atoms with Gasteiger partial charge in [-0.15, -0.1) is 0 Å². The van der Waals surface area contributed by atoms with E-state index in [1.807, 2.05) is 0 Å². The van der Waals surface area contributed by atoms with Gasteiger partial charge in [-0.05, 0) is 37.4 Å². The molecule has 1 aliphatic rings. The van der Waals surface area contributed by atoms with Crippen LogP contribution >= 0.6 is 0 Å². The number of anilines is 1. The van der Waals surface area contributed by atoms with Gasteiger partial charge in [0.25, 0.3) is 0 Å². The number of nitrogens with two attached hydrogens (primary N) is 1. The van der Waals surface area contributed by atoms with Gasteiger partial charge < -0.3 is 10.3 Å². The second-order valence-corrected chi connectivity index (χ2v) is 6.33. The molecule has 4 rings (SSSR count). The summed E-state index contributed by atoms with van der Waals surface area (Å²) in [7, 11) is 0. The lowest BCUT2D eigenvalue weighted by Crippen LogP contribution is -2.23. The van der Waals surface area contributed by atoms with Gasteiger partial charge in [0, 0.05) is 12.7 Å². The van der Waals surface area contributed by atoms with Crippen LogP contribution in [0.15, 0.2) is 41.3 Å². The number of aromatic nitrogens is 4. The molecule has 25 heavy (non-hydrogen) atoms. The summed E-state index contributed by atoms with van der Waals surface area (Å²) in [5.41, 5.74) is 9.10. The normalized spacial score (nSPS) is 17.9. The van der Waals surface area contributed by atoms with E-state index in [2.05, 4.69) is 56.2 Å². The number of benzene rings is 1. The van der Waals surface area contributed by atoms with Crippen LogP contribution in [0.5, 0.6) is 0 Å². The van der Waals surface area contributed by atoms with Crippen molar-refractivity contribution in [1.29, 1.82) is 0 Å². The van der Waals surface area contributed by atoms with Gasteiger partial charge in [0.2, 0.25) is 11.7 Å². The van der Waals surface area contributed by atoms with E-state index in [9.17, 15) is 0 Å². The molecular weight excluding hydrogens is 316 g/mol. The van der Waals surface area contributed by atoms with Gasteiger partial charge in [0.05, 0.1) is 11.6 Å². The minimum absolute atomic E-state index is 0.131. The molecule has 1 aliphatic heterocycles. The molecule has 3 aromatic rings. The quantitative estimate of drug-likeness (QED) is 0.783. The molecule has 3 heterocycles. The number of nitrogen functional groups attached to an aromatic ring is 1. The Morgan fingerprint density at radius 1 is 1.32 bits per heavy atom. The summed E-state index contributed by atoms with van der Waals surface area (Å²) in [5, 5.41) is 4.08. The fourth-order valence-corrected chi connectivity index (χ4v) is 3.29. The summed E-state index contributed by atoms with van der Waals surface area (Å²) < 4.78 is 5.54. The van der Waals surface area contributed by atoms with Gasteiger partial charge in [0.15, 0.2) is 0 Å². The Morgan fingerprint density at radius 3 is 3.04 bits per heavy atom. The molecule has 0 spiro atoms. The zero-order valence-corrected chi connectivity index (χ0v) is 14.1. The van der Waals surface area contributed by atoms with Crippen molar-refractivity contribution >= 4 is 5.82 Å². The maximum Gasteiger partial charge on any atom is 0.244 e. The average Bonchev–Trinajstić information content (AvgIpc) is 3.26. The molecule has 0 saturated carbocycles. The molecule has 2 aromatic heterocycles. The second-order valence-electron chi connectivity index (χ2n) is 6.33.